The molecule has 51 heavy (non-hydrogen) atoms. The normalized spacial score (nSPS) is 50.3. The predicted octanol–water partition coefficient (Wildman–Crippen LogP) is 2.41. The molecule has 18 atom stereocenters. The van der Waals surface area contributed by atoms with Crippen LogP contribution < -0.4 is 0 Å². The van der Waals surface area contributed by atoms with Crippen LogP contribution >= 0.6 is 0 Å². The molecule has 14 heteroatoms. The van der Waals surface area contributed by atoms with Gasteiger partial charge in [0, 0.05) is 37.8 Å². The molecular formula is C37H66N2O12. The molecule has 3 fully saturated rings. The van der Waals surface area contributed by atoms with E-state index in [0.717, 1.165) is 0 Å². The minimum Gasteiger partial charge on any atom is -0.472 e. The summed E-state index contributed by atoms with van der Waals surface area (Å²) in [5.41, 5.74) is -3.91. The molecule has 4 N–H and O–H groups in total. The van der Waals surface area contributed by atoms with E-state index < -0.39 is 96.0 Å². The van der Waals surface area contributed by atoms with Gasteiger partial charge in [-0.05, 0) is 75.4 Å². The number of methoxy groups -OCH3 is 1. The number of esters is 1. The van der Waals surface area contributed by atoms with Crippen LogP contribution in [0, 0.1) is 17.8 Å². The third-order valence-corrected chi connectivity index (χ3v) is 11.9. The smallest absolute Gasteiger partial charge is 0.311 e. The van der Waals surface area contributed by atoms with Gasteiger partial charge in [0.25, 0.3) is 0 Å². The van der Waals surface area contributed by atoms with Crippen LogP contribution in [0.2, 0.25) is 0 Å². The van der Waals surface area contributed by atoms with E-state index in [-0.39, 0.29) is 30.9 Å². The van der Waals surface area contributed by atoms with Crippen molar-refractivity contribution in [2.75, 3.05) is 21.2 Å². The minimum absolute atomic E-state index is 0.163. The maximum Gasteiger partial charge on any atom is 0.311 e. The van der Waals surface area contributed by atoms with E-state index in [1.807, 2.05) is 46.7 Å². The SMILES string of the molecule is CC[C@H]1OC(=O)[C@H](C)[C@@H](O[C@@H]2C[C@](C)(OC)[C@H](O)[C@@H](C)O2)[C@H](C)[C@@H](O[C@@H]2O[C@H](C)C[C@H](N(C)C)[C@H]2O)[C@@]2(C)C[C@H](C)C(=N[C@H](C)[C@@H](O)[C@]1(C)O)O2. The Labute approximate surface area is 304 Å². The van der Waals surface area contributed by atoms with Crippen LogP contribution in [0.1, 0.15) is 94.9 Å². The molecule has 0 unspecified atom stereocenters. The van der Waals surface area contributed by atoms with Crippen molar-refractivity contribution >= 4 is 11.9 Å². The number of carbonyl (C=O) groups excluding carboxylic acids is 1. The topological polar surface area (TPSA) is 178 Å². The fourth-order valence-corrected chi connectivity index (χ4v) is 8.61. The lowest BCUT2D eigenvalue weighted by atomic mass is 9.79. The Balaban J connectivity index is 1.85. The summed E-state index contributed by atoms with van der Waals surface area (Å²) in [6.07, 6.45) is -7.53. The van der Waals surface area contributed by atoms with Gasteiger partial charge in [-0.2, -0.15) is 0 Å². The molecule has 4 rings (SSSR count). The molecule has 0 aromatic rings. The van der Waals surface area contributed by atoms with E-state index in [4.69, 9.17) is 38.2 Å². The Hall–Kier alpha value is -1.46. The van der Waals surface area contributed by atoms with Crippen molar-refractivity contribution in [3.8, 4) is 0 Å². The van der Waals surface area contributed by atoms with Gasteiger partial charge in [0.2, 0.25) is 0 Å². The van der Waals surface area contributed by atoms with Crippen LogP contribution in [0.4, 0.5) is 0 Å². The Morgan fingerprint density at radius 1 is 0.961 bits per heavy atom. The lowest BCUT2D eigenvalue weighted by molar-refractivity contribution is -0.315. The van der Waals surface area contributed by atoms with Gasteiger partial charge in [-0.1, -0.05) is 20.8 Å². The molecule has 0 aromatic carbocycles. The zero-order valence-corrected chi connectivity index (χ0v) is 32.9. The Bertz CT molecular complexity index is 1220. The summed E-state index contributed by atoms with van der Waals surface area (Å²) in [6.45, 7) is 17.8. The molecule has 0 amide bonds. The lowest BCUT2D eigenvalue weighted by Crippen LogP contribution is -2.60. The van der Waals surface area contributed by atoms with Gasteiger partial charge in [-0.25, -0.2) is 4.99 Å². The first kappa shape index (κ1) is 42.3. The van der Waals surface area contributed by atoms with E-state index >= 15 is 0 Å². The molecule has 0 saturated carbocycles. The Morgan fingerprint density at radius 2 is 1.61 bits per heavy atom. The van der Waals surface area contributed by atoms with Crippen molar-refractivity contribution in [2.45, 2.75) is 185 Å². The first-order valence-electron chi connectivity index (χ1n) is 18.7. The highest BCUT2D eigenvalue weighted by molar-refractivity contribution is 5.81. The summed E-state index contributed by atoms with van der Waals surface area (Å²) in [7, 11) is 5.33. The van der Waals surface area contributed by atoms with E-state index in [2.05, 4.69) is 0 Å². The number of aliphatic imine (C=N–C) groups is 1. The first-order chi connectivity index (χ1) is 23.6. The van der Waals surface area contributed by atoms with Crippen molar-refractivity contribution in [1.29, 1.82) is 0 Å². The number of aliphatic hydroxyl groups is 4. The summed E-state index contributed by atoms with van der Waals surface area (Å²) in [6, 6.07) is -1.04. The van der Waals surface area contributed by atoms with Gasteiger partial charge in [-0.15, -0.1) is 0 Å². The summed E-state index contributed by atoms with van der Waals surface area (Å²) in [5.74, 6) is -2.03. The molecule has 14 nitrogen and oxygen atoms in total. The standard InChI is InChI=1S/C37H66N2O12/c1-14-25-37(10,44)29(41)22(6)38-32-18(2)16-36(9,51-32)31(50-34-27(40)24(39(11)12)15-19(3)46-34)20(4)28(21(5)33(43)48-25)49-26-17-35(8,45-13)30(42)23(7)47-26/h18-31,34,40-42,44H,14-17H2,1-13H3/t18-,19+,20-,21+,22+,23+,24-,25+,26+,27+,28-,29+,30+,31+,34-,35-,36+,37+/m0/s1. The zero-order valence-electron chi connectivity index (χ0n) is 32.9. The van der Waals surface area contributed by atoms with Crippen molar-refractivity contribution in [1.82, 2.24) is 4.90 Å². The predicted molar refractivity (Wildman–Crippen MR) is 188 cm³/mol. The second kappa shape index (κ2) is 16.1. The second-order valence-electron chi connectivity index (χ2n) is 16.5. The maximum absolute atomic E-state index is 14.2. The third-order valence-electron chi connectivity index (χ3n) is 11.9. The molecular weight excluding hydrogens is 664 g/mol. The third kappa shape index (κ3) is 8.60. The molecule has 4 aliphatic rings. The summed E-state index contributed by atoms with van der Waals surface area (Å²) in [5, 5.41) is 45.5. The van der Waals surface area contributed by atoms with E-state index in [1.165, 1.54) is 14.0 Å². The van der Waals surface area contributed by atoms with E-state index in [0.29, 0.717) is 18.7 Å². The van der Waals surface area contributed by atoms with Crippen molar-refractivity contribution in [2.24, 2.45) is 22.7 Å². The van der Waals surface area contributed by atoms with Gasteiger partial charge < -0.3 is 58.5 Å². The number of ether oxygens (including phenoxy) is 7. The monoisotopic (exact) mass is 730 g/mol. The number of hydrogen-bond donors (Lipinski definition) is 4. The van der Waals surface area contributed by atoms with Crippen molar-refractivity contribution < 1.29 is 58.4 Å². The zero-order chi connectivity index (χ0) is 38.4. The number of fused-ring (bicyclic) bond motifs is 2. The van der Waals surface area contributed by atoms with Gasteiger partial charge in [0.15, 0.2) is 18.5 Å². The number of aliphatic hydroxyl groups excluding tert-OH is 3. The van der Waals surface area contributed by atoms with Crippen molar-refractivity contribution in [3.05, 3.63) is 0 Å². The molecule has 0 radical (unpaired) electrons. The maximum atomic E-state index is 14.2. The minimum atomic E-state index is -1.84. The second-order valence-corrected chi connectivity index (χ2v) is 16.5. The molecule has 0 aliphatic carbocycles. The summed E-state index contributed by atoms with van der Waals surface area (Å²) >= 11 is 0. The van der Waals surface area contributed by atoms with E-state index in [9.17, 15) is 25.2 Å². The molecule has 4 aliphatic heterocycles. The molecule has 0 spiro atoms. The van der Waals surface area contributed by atoms with Crippen LogP contribution in [-0.4, -0.2) is 149 Å². The van der Waals surface area contributed by atoms with Gasteiger partial charge in [0.05, 0.1) is 35.9 Å². The molecule has 2 bridgehead atoms. The average Bonchev–Trinajstić information content (AvgIpc) is 3.35. The molecule has 0 aromatic heterocycles. The fraction of sp³-hybridized carbons (Fsp3) is 0.946. The summed E-state index contributed by atoms with van der Waals surface area (Å²) in [4.78, 5) is 20.9. The number of nitrogens with zero attached hydrogens (tertiary/aromatic N) is 2. The van der Waals surface area contributed by atoms with Crippen molar-refractivity contribution in [3.63, 3.8) is 0 Å². The van der Waals surface area contributed by atoms with Crippen LogP contribution in [0.3, 0.4) is 0 Å². The van der Waals surface area contributed by atoms with Crippen LogP contribution in [0.15, 0.2) is 4.99 Å². The van der Waals surface area contributed by atoms with Crippen LogP contribution in [0.5, 0.6) is 0 Å². The van der Waals surface area contributed by atoms with Gasteiger partial charge in [0.1, 0.15) is 41.7 Å². The lowest BCUT2D eigenvalue weighted by Gasteiger charge is -2.48. The average molecular weight is 731 g/mol. The number of hydrogen-bond acceptors (Lipinski definition) is 14. The number of cyclic esters (lactones) is 1. The van der Waals surface area contributed by atoms with E-state index in [1.54, 1.807) is 34.6 Å². The Kier molecular flexibility index (Phi) is 13.4. The highest BCUT2D eigenvalue weighted by atomic mass is 16.7. The largest absolute Gasteiger partial charge is 0.472 e. The number of rotatable bonds is 7. The number of likely N-dealkylation sites (N-methyl/N-ethyl adjacent to an activating group) is 1. The number of carbonyl (C=O) groups is 1. The van der Waals surface area contributed by atoms with Crippen LogP contribution in [0.25, 0.3) is 0 Å². The molecule has 296 valence electrons. The van der Waals surface area contributed by atoms with Gasteiger partial charge >= 0.3 is 5.97 Å². The quantitative estimate of drug-likeness (QED) is 0.281. The fourth-order valence-electron chi connectivity index (χ4n) is 8.61. The Morgan fingerprint density at radius 3 is 2.20 bits per heavy atom. The molecule has 4 heterocycles. The summed E-state index contributed by atoms with van der Waals surface area (Å²) < 4.78 is 44.5. The first-order valence-corrected chi connectivity index (χ1v) is 18.7. The van der Waals surface area contributed by atoms with Crippen LogP contribution in [-0.2, 0) is 38.0 Å². The highest BCUT2D eigenvalue weighted by Gasteiger charge is 2.56. The van der Waals surface area contributed by atoms with Gasteiger partial charge in [-0.3, -0.25) is 4.79 Å². The molecule has 3 saturated heterocycles. The highest BCUT2D eigenvalue weighted by Crippen LogP contribution is 2.44.